The van der Waals surface area contributed by atoms with Crippen LogP contribution in [0.3, 0.4) is 0 Å². The summed E-state index contributed by atoms with van der Waals surface area (Å²) in [4.78, 5) is 50.8. The first-order valence-corrected chi connectivity index (χ1v) is 24.4. The summed E-state index contributed by atoms with van der Waals surface area (Å²) in [6.45, 7) is 32.7. The molecule has 0 spiro atoms. The number of hydrogen-bond donors (Lipinski definition) is 0. The van der Waals surface area contributed by atoms with Gasteiger partial charge < -0.3 is 23.3 Å². The number of benzene rings is 3. The topological polar surface area (TPSA) is 124 Å². The van der Waals surface area contributed by atoms with Crippen molar-refractivity contribution in [1.82, 2.24) is 19.1 Å². The van der Waals surface area contributed by atoms with Crippen LogP contribution >= 0.6 is 15.9 Å². The van der Waals surface area contributed by atoms with Crippen LogP contribution in [0.4, 0.5) is 31.4 Å². The van der Waals surface area contributed by atoms with Gasteiger partial charge in [-0.25, -0.2) is 24.4 Å². The minimum Gasteiger partial charge on any atom is -0.443 e. The number of rotatable bonds is 5. The van der Waals surface area contributed by atoms with Crippen LogP contribution in [-0.4, -0.2) is 73.8 Å². The minimum absolute atomic E-state index is 0.0595. The van der Waals surface area contributed by atoms with E-state index in [9.17, 15) is 14.4 Å². The summed E-state index contributed by atoms with van der Waals surface area (Å²) >= 11 is 3.49. The van der Waals surface area contributed by atoms with Gasteiger partial charge in [-0.15, -0.1) is 0 Å². The van der Waals surface area contributed by atoms with Crippen molar-refractivity contribution in [2.24, 2.45) is 0 Å². The quantitative estimate of drug-likeness (QED) is 0.159. The van der Waals surface area contributed by atoms with E-state index < -0.39 is 16.8 Å². The van der Waals surface area contributed by atoms with Gasteiger partial charge in [0.25, 0.3) is 0 Å². The van der Waals surface area contributed by atoms with Crippen molar-refractivity contribution < 1.29 is 28.6 Å². The summed E-state index contributed by atoms with van der Waals surface area (Å²) in [6.07, 6.45) is 15.1. The Bertz CT molecular complexity index is 2650. The highest BCUT2D eigenvalue weighted by Gasteiger charge is 2.42. The number of aromatic nitrogens is 4. The molecule has 3 aromatic carbocycles. The second-order valence-electron chi connectivity index (χ2n) is 23.0. The molecule has 0 unspecified atom stereocenters. The van der Waals surface area contributed by atoms with Crippen molar-refractivity contribution in [3.63, 3.8) is 0 Å². The minimum atomic E-state index is -0.503. The average molecular weight is 1010 g/mol. The number of hydrogen-bond acceptors (Lipinski definition) is 8. The predicted molar refractivity (Wildman–Crippen MR) is 280 cm³/mol. The number of halogens is 1. The number of aryl methyl sites for hydroxylation is 2. The van der Waals surface area contributed by atoms with Gasteiger partial charge in [-0.1, -0.05) is 75.7 Å². The third kappa shape index (κ3) is 13.5. The summed E-state index contributed by atoms with van der Waals surface area (Å²) in [7, 11) is 0. The maximum atomic E-state index is 12.6. The molecule has 5 aromatic rings. The summed E-state index contributed by atoms with van der Waals surface area (Å²) in [5, 5.41) is 0. The monoisotopic (exact) mass is 1010 g/mol. The lowest BCUT2D eigenvalue weighted by atomic mass is 9.86. The van der Waals surface area contributed by atoms with Crippen LogP contribution in [0, 0.1) is 0 Å². The zero-order chi connectivity index (χ0) is 50.9. The first kappa shape index (κ1) is 52.5. The van der Waals surface area contributed by atoms with Gasteiger partial charge in [0.15, 0.2) is 0 Å². The first-order chi connectivity index (χ1) is 31.9. The lowest BCUT2D eigenvalue weighted by Crippen LogP contribution is -2.38. The van der Waals surface area contributed by atoms with Crippen molar-refractivity contribution in [2.75, 3.05) is 34.3 Å². The molecule has 0 aliphatic carbocycles. The van der Waals surface area contributed by atoms with E-state index in [0.717, 1.165) is 45.6 Å². The zero-order valence-corrected chi connectivity index (χ0v) is 44.9. The van der Waals surface area contributed by atoms with E-state index in [1.54, 1.807) is 33.4 Å². The molecular weight excluding hydrogens is 935 g/mol. The molecule has 370 valence electrons. The van der Waals surface area contributed by atoms with Crippen molar-refractivity contribution >= 4 is 63.5 Å². The second-order valence-corrected chi connectivity index (χ2v) is 23.9. The van der Waals surface area contributed by atoms with Gasteiger partial charge in [0.05, 0.1) is 29.7 Å². The number of carbonyl (C=O) groups is 3. The lowest BCUT2D eigenvalue weighted by molar-refractivity contribution is 0.0568. The Morgan fingerprint density at radius 1 is 0.594 bits per heavy atom. The van der Waals surface area contributed by atoms with Crippen molar-refractivity contribution in [1.29, 1.82) is 0 Å². The molecule has 0 N–H and O–H groups in total. The third-order valence-electron chi connectivity index (χ3n) is 11.8. The largest absolute Gasteiger partial charge is 0.443 e. The van der Waals surface area contributed by atoms with Gasteiger partial charge in [-0.05, 0) is 139 Å². The van der Waals surface area contributed by atoms with Gasteiger partial charge in [0, 0.05) is 77.9 Å². The van der Waals surface area contributed by atoms with Gasteiger partial charge in [0.1, 0.15) is 16.8 Å². The van der Waals surface area contributed by atoms with E-state index in [1.807, 2.05) is 122 Å². The van der Waals surface area contributed by atoms with E-state index in [-0.39, 0.29) is 34.5 Å². The number of amides is 3. The van der Waals surface area contributed by atoms with E-state index in [4.69, 9.17) is 14.2 Å². The highest BCUT2D eigenvalue weighted by atomic mass is 79.9. The van der Waals surface area contributed by atoms with E-state index in [2.05, 4.69) is 102 Å². The molecule has 3 aliphatic rings. The molecule has 2 aromatic heterocycles. The van der Waals surface area contributed by atoms with Crippen molar-refractivity contribution in [2.45, 2.75) is 150 Å². The summed E-state index contributed by atoms with van der Waals surface area (Å²) in [5.41, 5.74) is 7.01. The predicted octanol–water partition coefficient (Wildman–Crippen LogP) is 13.2. The highest BCUT2D eigenvalue weighted by Crippen LogP contribution is 2.44. The van der Waals surface area contributed by atoms with Crippen LogP contribution in [-0.2, 0) is 43.4 Å². The molecule has 5 heterocycles. The molecular formula is C55H72BrN7O6. The Balaban J connectivity index is 0.000000172. The highest BCUT2D eigenvalue weighted by molar-refractivity contribution is 9.10. The number of ether oxygens (including phenoxy) is 3. The maximum Gasteiger partial charge on any atom is 0.414 e. The van der Waals surface area contributed by atoms with Crippen LogP contribution in [0.5, 0.6) is 0 Å². The molecule has 0 atom stereocenters. The second kappa shape index (κ2) is 19.8. The SMILES string of the molecule is CC(C)(C)OC(=O)N1CC(C)(C)c2cc(/C=C/n3ccnc3)ccc21.CC(C)(C)OC(=O)N1CC(C)(C)c2cc(Br)ccc21.CC(C)(C)OC(=O)N1CC(C)(C)c2cc(CCn3ccnc3)ccc21. The van der Waals surface area contributed by atoms with Crippen molar-refractivity contribution in [3.8, 4) is 0 Å². The normalized spacial score (nSPS) is 16.4. The van der Waals surface area contributed by atoms with Crippen LogP contribution in [0.15, 0.2) is 96.5 Å². The number of nitrogens with zero attached hydrogens (tertiary/aromatic N) is 7. The van der Waals surface area contributed by atoms with Crippen LogP contribution in [0.2, 0.25) is 0 Å². The molecule has 0 fully saturated rings. The third-order valence-corrected chi connectivity index (χ3v) is 12.3. The molecule has 0 saturated carbocycles. The molecule has 8 rings (SSSR count). The molecule has 0 radical (unpaired) electrons. The molecule has 0 saturated heterocycles. The smallest absolute Gasteiger partial charge is 0.414 e. The van der Waals surface area contributed by atoms with E-state index >= 15 is 0 Å². The summed E-state index contributed by atoms with van der Waals surface area (Å²) < 4.78 is 21.6. The van der Waals surface area contributed by atoms with Crippen LogP contribution in [0.1, 0.15) is 132 Å². The molecule has 14 heteroatoms. The molecule has 0 bridgehead atoms. The van der Waals surface area contributed by atoms with Gasteiger partial charge in [-0.2, -0.15) is 0 Å². The fourth-order valence-corrected chi connectivity index (χ4v) is 8.94. The summed E-state index contributed by atoms with van der Waals surface area (Å²) in [5.74, 6) is 0. The summed E-state index contributed by atoms with van der Waals surface area (Å²) in [6, 6.07) is 18.6. The Morgan fingerprint density at radius 2 is 1.03 bits per heavy atom. The van der Waals surface area contributed by atoms with Gasteiger partial charge in [0.2, 0.25) is 0 Å². The number of imidazole rings is 2. The lowest BCUT2D eigenvalue weighted by Gasteiger charge is -2.25. The van der Waals surface area contributed by atoms with Crippen LogP contribution < -0.4 is 14.7 Å². The fraction of sp³-hybridized carbons (Fsp3) is 0.473. The Morgan fingerprint density at radius 3 is 1.48 bits per heavy atom. The molecule has 3 aliphatic heterocycles. The zero-order valence-electron chi connectivity index (χ0n) is 43.3. The van der Waals surface area contributed by atoms with E-state index in [0.29, 0.717) is 19.6 Å². The Hall–Kier alpha value is -5.89. The Labute approximate surface area is 418 Å². The first-order valence-electron chi connectivity index (χ1n) is 23.6. The number of anilines is 3. The molecule has 3 amide bonds. The number of fused-ring (bicyclic) bond motifs is 3. The standard InChI is InChI=1S/C20H27N3O2.C20H25N3O2.C15H20BrNO2/c2*1-19(2,3)25-18(24)23-13-20(4,5)16-12-15(6-7-17(16)23)8-10-22-11-9-21-14-22;1-14(2,3)19-13(18)17-9-15(4,5)11-8-10(16)6-7-12(11)17/h6-7,9,11-12,14H,8,10,13H2,1-5H3;6-12,14H,13H2,1-5H3;6-8H,9H2,1-5H3/b;10-8+;. The van der Waals surface area contributed by atoms with Gasteiger partial charge >= 0.3 is 18.3 Å². The molecule has 13 nitrogen and oxygen atoms in total. The Kier molecular flexibility index (Phi) is 15.1. The van der Waals surface area contributed by atoms with Crippen LogP contribution in [0.25, 0.3) is 12.3 Å². The van der Waals surface area contributed by atoms with E-state index in [1.165, 1.54) is 16.7 Å². The number of carbonyl (C=O) groups excluding carboxylic acids is 3. The van der Waals surface area contributed by atoms with Gasteiger partial charge in [-0.3, -0.25) is 14.7 Å². The van der Waals surface area contributed by atoms with Crippen molar-refractivity contribution in [3.05, 3.63) is 124 Å². The molecule has 69 heavy (non-hydrogen) atoms. The fourth-order valence-electron chi connectivity index (χ4n) is 8.58. The average Bonchev–Trinajstić information content (AvgIpc) is 4.07. The maximum absolute atomic E-state index is 12.6.